The number of carbonyl (C=O) groups is 1. The standard InChI is InChI=1S/C24H25N3O2/c1-17-13-20-16-26(21-7-11-29-12-8-21)24(28)23(20)15-19(17)14-18-3-5-22(6-4-18)27-10-2-9-25-27/h2-6,9-10,13,15,21H,7-8,11-12,14,16H2,1H3. The molecule has 0 saturated carbocycles. The zero-order chi connectivity index (χ0) is 19.8. The van der Waals surface area contributed by atoms with Crippen LogP contribution in [0.4, 0.5) is 0 Å². The van der Waals surface area contributed by atoms with Crippen LogP contribution in [0.25, 0.3) is 5.69 Å². The molecule has 1 amide bonds. The molecule has 2 aliphatic heterocycles. The number of rotatable bonds is 4. The summed E-state index contributed by atoms with van der Waals surface area (Å²) in [5, 5.41) is 4.27. The lowest BCUT2D eigenvalue weighted by molar-refractivity contribution is 0.0303. The Labute approximate surface area is 170 Å². The lowest BCUT2D eigenvalue weighted by atomic mass is 9.95. The van der Waals surface area contributed by atoms with Crippen molar-refractivity contribution in [2.45, 2.75) is 38.8 Å². The number of ether oxygens (including phenoxy) is 1. The molecule has 2 aromatic carbocycles. The smallest absolute Gasteiger partial charge is 0.254 e. The quantitative estimate of drug-likeness (QED) is 0.682. The van der Waals surface area contributed by atoms with E-state index in [1.54, 1.807) is 6.20 Å². The van der Waals surface area contributed by atoms with Gasteiger partial charge < -0.3 is 9.64 Å². The molecule has 0 unspecified atom stereocenters. The topological polar surface area (TPSA) is 47.4 Å². The summed E-state index contributed by atoms with van der Waals surface area (Å²) in [6, 6.07) is 15.0. The fourth-order valence-corrected chi connectivity index (χ4v) is 4.44. The third-order valence-electron chi connectivity index (χ3n) is 6.13. The Balaban J connectivity index is 1.36. The Morgan fingerprint density at radius 3 is 2.66 bits per heavy atom. The highest BCUT2D eigenvalue weighted by Gasteiger charge is 2.34. The largest absolute Gasteiger partial charge is 0.381 e. The molecule has 5 heteroatoms. The summed E-state index contributed by atoms with van der Waals surface area (Å²) in [6.45, 7) is 4.39. The van der Waals surface area contributed by atoms with E-state index in [0.29, 0.717) is 6.04 Å². The second-order valence-corrected chi connectivity index (χ2v) is 8.01. The summed E-state index contributed by atoms with van der Waals surface area (Å²) in [7, 11) is 0. The normalized spacial score (nSPS) is 17.0. The van der Waals surface area contributed by atoms with Crippen molar-refractivity contribution in [3.8, 4) is 5.69 Å². The van der Waals surface area contributed by atoms with Crippen LogP contribution in [0.2, 0.25) is 0 Å². The Morgan fingerprint density at radius 2 is 1.93 bits per heavy atom. The van der Waals surface area contributed by atoms with Gasteiger partial charge in [0, 0.05) is 43.8 Å². The molecular formula is C24H25N3O2. The molecule has 1 aromatic heterocycles. The highest BCUT2D eigenvalue weighted by molar-refractivity contribution is 5.99. The molecule has 1 saturated heterocycles. The van der Waals surface area contributed by atoms with Crippen LogP contribution in [0, 0.1) is 6.92 Å². The molecule has 3 aromatic rings. The minimum Gasteiger partial charge on any atom is -0.381 e. The first-order valence-corrected chi connectivity index (χ1v) is 10.3. The lowest BCUT2D eigenvalue weighted by Crippen LogP contribution is -2.39. The number of benzene rings is 2. The van der Waals surface area contributed by atoms with E-state index >= 15 is 0 Å². The van der Waals surface area contributed by atoms with Crippen molar-refractivity contribution >= 4 is 5.91 Å². The van der Waals surface area contributed by atoms with Gasteiger partial charge in [0.1, 0.15) is 0 Å². The van der Waals surface area contributed by atoms with Crippen LogP contribution < -0.4 is 0 Å². The summed E-state index contributed by atoms with van der Waals surface area (Å²) in [4.78, 5) is 15.1. The number of aromatic nitrogens is 2. The molecule has 0 N–H and O–H groups in total. The van der Waals surface area contributed by atoms with Gasteiger partial charge in [0.2, 0.25) is 0 Å². The fraction of sp³-hybridized carbons (Fsp3) is 0.333. The molecular weight excluding hydrogens is 362 g/mol. The molecule has 2 aliphatic rings. The number of nitrogens with zero attached hydrogens (tertiary/aromatic N) is 3. The van der Waals surface area contributed by atoms with Gasteiger partial charge in [-0.2, -0.15) is 5.10 Å². The molecule has 5 nitrogen and oxygen atoms in total. The summed E-state index contributed by atoms with van der Waals surface area (Å²) in [6.07, 6.45) is 6.42. The average molecular weight is 387 g/mol. The van der Waals surface area contributed by atoms with Gasteiger partial charge in [-0.05, 0) is 72.7 Å². The maximum atomic E-state index is 13.1. The number of hydrogen-bond donors (Lipinski definition) is 0. The average Bonchev–Trinajstić information content (AvgIpc) is 3.39. The van der Waals surface area contributed by atoms with Crippen molar-refractivity contribution in [1.82, 2.24) is 14.7 Å². The Hall–Kier alpha value is -2.92. The van der Waals surface area contributed by atoms with Crippen molar-refractivity contribution in [2.75, 3.05) is 13.2 Å². The van der Waals surface area contributed by atoms with E-state index in [0.717, 1.165) is 55.8 Å². The highest BCUT2D eigenvalue weighted by atomic mass is 16.5. The minimum absolute atomic E-state index is 0.183. The second kappa shape index (κ2) is 7.48. The van der Waals surface area contributed by atoms with E-state index in [1.165, 1.54) is 16.7 Å². The van der Waals surface area contributed by atoms with Gasteiger partial charge in [-0.25, -0.2) is 4.68 Å². The van der Waals surface area contributed by atoms with Gasteiger partial charge >= 0.3 is 0 Å². The number of aryl methyl sites for hydroxylation is 1. The van der Waals surface area contributed by atoms with Crippen molar-refractivity contribution in [1.29, 1.82) is 0 Å². The molecule has 0 aliphatic carbocycles. The predicted molar refractivity (Wildman–Crippen MR) is 111 cm³/mol. The molecule has 29 heavy (non-hydrogen) atoms. The van der Waals surface area contributed by atoms with E-state index in [9.17, 15) is 4.79 Å². The molecule has 0 spiro atoms. The molecule has 0 radical (unpaired) electrons. The van der Waals surface area contributed by atoms with Crippen molar-refractivity contribution in [3.05, 3.63) is 82.7 Å². The summed E-state index contributed by atoms with van der Waals surface area (Å²) in [5.41, 5.74) is 6.80. The first-order chi connectivity index (χ1) is 14.2. The monoisotopic (exact) mass is 387 g/mol. The minimum atomic E-state index is 0.183. The molecule has 5 rings (SSSR count). The summed E-state index contributed by atoms with van der Waals surface area (Å²) < 4.78 is 7.32. The zero-order valence-corrected chi connectivity index (χ0v) is 16.7. The number of hydrogen-bond acceptors (Lipinski definition) is 3. The molecule has 0 atom stereocenters. The van der Waals surface area contributed by atoms with Crippen LogP contribution in [-0.4, -0.2) is 39.8 Å². The number of amides is 1. The van der Waals surface area contributed by atoms with Gasteiger partial charge in [-0.3, -0.25) is 4.79 Å². The van der Waals surface area contributed by atoms with Gasteiger partial charge in [0.25, 0.3) is 5.91 Å². The summed E-state index contributed by atoms with van der Waals surface area (Å²) in [5.74, 6) is 0.183. The first-order valence-electron chi connectivity index (χ1n) is 10.3. The predicted octanol–water partition coefficient (Wildman–Crippen LogP) is 3.91. The molecule has 3 heterocycles. The number of fused-ring (bicyclic) bond motifs is 1. The SMILES string of the molecule is Cc1cc2c(cc1Cc1ccc(-n3cccn3)cc1)C(=O)N(C1CCOCC1)C2. The fourth-order valence-electron chi connectivity index (χ4n) is 4.44. The van der Waals surface area contributed by atoms with Gasteiger partial charge in [-0.15, -0.1) is 0 Å². The third kappa shape index (κ3) is 3.47. The maximum Gasteiger partial charge on any atom is 0.254 e. The Kier molecular flexibility index (Phi) is 4.68. The molecule has 0 bridgehead atoms. The van der Waals surface area contributed by atoms with Crippen molar-refractivity contribution in [2.24, 2.45) is 0 Å². The first kappa shape index (κ1) is 18.1. The highest BCUT2D eigenvalue weighted by Crippen LogP contribution is 2.31. The van der Waals surface area contributed by atoms with E-state index in [1.807, 2.05) is 16.9 Å². The van der Waals surface area contributed by atoms with Crippen LogP contribution in [0.15, 0.2) is 54.9 Å². The van der Waals surface area contributed by atoms with Gasteiger partial charge in [0.05, 0.1) is 5.69 Å². The lowest BCUT2D eigenvalue weighted by Gasteiger charge is -2.30. The Bertz CT molecular complexity index is 1020. The number of carbonyl (C=O) groups excluding carboxylic acids is 1. The van der Waals surface area contributed by atoms with Gasteiger partial charge in [0.15, 0.2) is 0 Å². The zero-order valence-electron chi connectivity index (χ0n) is 16.7. The van der Waals surface area contributed by atoms with Crippen LogP contribution in [0.5, 0.6) is 0 Å². The summed E-state index contributed by atoms with van der Waals surface area (Å²) >= 11 is 0. The van der Waals surface area contributed by atoms with E-state index < -0.39 is 0 Å². The maximum absolute atomic E-state index is 13.1. The van der Waals surface area contributed by atoms with Crippen LogP contribution >= 0.6 is 0 Å². The second-order valence-electron chi connectivity index (χ2n) is 8.01. The van der Waals surface area contributed by atoms with Crippen LogP contribution in [0.1, 0.15) is 45.5 Å². The van der Waals surface area contributed by atoms with E-state index in [2.05, 4.69) is 53.3 Å². The van der Waals surface area contributed by atoms with Crippen LogP contribution in [0.3, 0.4) is 0 Å². The van der Waals surface area contributed by atoms with Crippen molar-refractivity contribution < 1.29 is 9.53 Å². The molecule has 148 valence electrons. The van der Waals surface area contributed by atoms with Crippen molar-refractivity contribution in [3.63, 3.8) is 0 Å². The third-order valence-corrected chi connectivity index (χ3v) is 6.13. The van der Waals surface area contributed by atoms with Crippen LogP contribution in [-0.2, 0) is 17.7 Å². The Morgan fingerprint density at radius 1 is 1.14 bits per heavy atom. The molecule has 1 fully saturated rings. The van der Waals surface area contributed by atoms with Gasteiger partial charge in [-0.1, -0.05) is 18.2 Å². The van der Waals surface area contributed by atoms with E-state index in [-0.39, 0.29) is 5.91 Å². The van der Waals surface area contributed by atoms with E-state index in [4.69, 9.17) is 4.74 Å².